The summed E-state index contributed by atoms with van der Waals surface area (Å²) >= 11 is 0. The van der Waals surface area contributed by atoms with Crippen LogP contribution in [0.3, 0.4) is 0 Å². The van der Waals surface area contributed by atoms with Crippen LogP contribution in [0.15, 0.2) is 24.3 Å². The minimum atomic E-state index is -4.60. The molecule has 2 saturated heterocycles. The number of rotatable bonds is 5. The van der Waals surface area contributed by atoms with E-state index < -0.39 is 29.0 Å². The first-order valence-electron chi connectivity index (χ1n) is 9.95. The van der Waals surface area contributed by atoms with Crippen molar-refractivity contribution in [3.63, 3.8) is 0 Å². The Morgan fingerprint density at radius 2 is 1.90 bits per heavy atom. The predicted octanol–water partition coefficient (Wildman–Crippen LogP) is 2.75. The summed E-state index contributed by atoms with van der Waals surface area (Å²) in [6.45, 7) is 2.60. The number of nitrogens with zero attached hydrogens (tertiary/aromatic N) is 2. The summed E-state index contributed by atoms with van der Waals surface area (Å²) < 4.78 is 45.1. The highest BCUT2D eigenvalue weighted by molar-refractivity contribution is 6.10. The highest BCUT2D eigenvalue weighted by Crippen LogP contribution is 2.42. The number of likely N-dealkylation sites (tertiary alicyclic amines) is 2. The molecule has 30 heavy (non-hydrogen) atoms. The Balaban J connectivity index is 1.95. The number of imide groups is 1. The Labute approximate surface area is 173 Å². The zero-order valence-corrected chi connectivity index (χ0v) is 17.0. The molecule has 0 bridgehead atoms. The Morgan fingerprint density at radius 3 is 2.43 bits per heavy atom. The normalized spacial score (nSPS) is 23.4. The van der Waals surface area contributed by atoms with Crippen LogP contribution in [0.5, 0.6) is 0 Å². The van der Waals surface area contributed by atoms with E-state index in [0.717, 1.165) is 17.0 Å². The molecule has 0 unspecified atom stereocenters. The van der Waals surface area contributed by atoms with Crippen molar-refractivity contribution < 1.29 is 32.3 Å². The van der Waals surface area contributed by atoms with Crippen LogP contribution >= 0.6 is 0 Å². The van der Waals surface area contributed by atoms with E-state index in [1.54, 1.807) is 18.9 Å². The summed E-state index contributed by atoms with van der Waals surface area (Å²) in [6.07, 6.45) is -3.91. The lowest BCUT2D eigenvalue weighted by Gasteiger charge is -2.34. The first-order valence-corrected chi connectivity index (χ1v) is 9.95. The fraction of sp³-hybridized carbons (Fsp3) is 0.571. The van der Waals surface area contributed by atoms with Gasteiger partial charge in [-0.25, -0.2) is 0 Å². The van der Waals surface area contributed by atoms with Gasteiger partial charge in [0, 0.05) is 39.6 Å². The second kappa shape index (κ2) is 8.37. The zero-order valence-electron chi connectivity index (χ0n) is 17.0. The lowest BCUT2D eigenvalue weighted by molar-refractivity contribution is -0.143. The number of carbonyl (C=O) groups excluding carboxylic acids is 3. The molecule has 1 aromatic carbocycles. The minimum absolute atomic E-state index is 0.0479. The van der Waals surface area contributed by atoms with Gasteiger partial charge >= 0.3 is 6.18 Å². The molecule has 0 saturated carbocycles. The van der Waals surface area contributed by atoms with Gasteiger partial charge < -0.3 is 9.64 Å². The molecule has 2 aliphatic heterocycles. The first kappa shape index (κ1) is 22.3. The van der Waals surface area contributed by atoms with Gasteiger partial charge in [0.1, 0.15) is 0 Å². The fourth-order valence-corrected chi connectivity index (χ4v) is 4.29. The molecule has 2 aliphatic rings. The summed E-state index contributed by atoms with van der Waals surface area (Å²) in [6, 6.07) is 4.40. The van der Waals surface area contributed by atoms with Crippen molar-refractivity contribution in [2.24, 2.45) is 0 Å². The van der Waals surface area contributed by atoms with Crippen LogP contribution in [-0.4, -0.2) is 60.4 Å². The highest BCUT2D eigenvalue weighted by Gasteiger charge is 2.54. The number of likely N-dealkylation sites (N-methyl/N-ethyl adjacent to an activating group) is 1. The van der Waals surface area contributed by atoms with E-state index in [-0.39, 0.29) is 37.0 Å². The third-order valence-electron chi connectivity index (χ3n) is 6.05. The average Bonchev–Trinajstić information content (AvgIpc) is 2.97. The van der Waals surface area contributed by atoms with E-state index in [0.29, 0.717) is 25.9 Å². The van der Waals surface area contributed by atoms with Crippen molar-refractivity contribution in [3.05, 3.63) is 35.4 Å². The molecule has 0 aliphatic carbocycles. The monoisotopic (exact) mass is 426 g/mol. The maximum absolute atomic E-state index is 13.3. The van der Waals surface area contributed by atoms with Crippen LogP contribution < -0.4 is 0 Å². The zero-order chi connectivity index (χ0) is 22.1. The van der Waals surface area contributed by atoms with Crippen molar-refractivity contribution in [2.75, 3.05) is 26.7 Å². The molecule has 1 atom stereocenters. The second-order valence-electron chi connectivity index (χ2n) is 7.77. The largest absolute Gasteiger partial charge is 0.416 e. The fourth-order valence-electron chi connectivity index (χ4n) is 4.29. The van der Waals surface area contributed by atoms with Gasteiger partial charge in [-0.2, -0.15) is 13.2 Å². The van der Waals surface area contributed by atoms with E-state index >= 15 is 0 Å². The van der Waals surface area contributed by atoms with Crippen LogP contribution in [0.1, 0.15) is 43.7 Å². The molecular formula is C21H25F3N2O4. The summed E-state index contributed by atoms with van der Waals surface area (Å²) in [7, 11) is 1.60. The number of methoxy groups -OCH3 is 1. The standard InChI is InChI=1S/C21H25F3N2O4/c1-3-26-18(28)13-20(19(26)29,14-5-4-6-15(11-14)21(22,23)24)12-17(27)25-9-7-16(30-2)8-10-25/h4-6,11,16H,3,7-10,12-13H2,1-2H3/t20-/m1/s1. The van der Waals surface area contributed by atoms with Gasteiger partial charge in [-0.3, -0.25) is 19.3 Å². The quantitative estimate of drug-likeness (QED) is 0.679. The molecule has 164 valence electrons. The predicted molar refractivity (Wildman–Crippen MR) is 101 cm³/mol. The van der Waals surface area contributed by atoms with Gasteiger partial charge in [-0.15, -0.1) is 0 Å². The van der Waals surface area contributed by atoms with Gasteiger partial charge in [0.15, 0.2) is 0 Å². The molecule has 2 fully saturated rings. The summed E-state index contributed by atoms with van der Waals surface area (Å²) in [5.74, 6) is -1.44. The van der Waals surface area contributed by atoms with Gasteiger partial charge in [0.25, 0.3) is 0 Å². The third kappa shape index (κ3) is 4.08. The van der Waals surface area contributed by atoms with Gasteiger partial charge in [-0.1, -0.05) is 18.2 Å². The maximum atomic E-state index is 13.3. The number of ether oxygens (including phenoxy) is 1. The molecular weight excluding hydrogens is 401 g/mol. The Bertz CT molecular complexity index is 834. The number of alkyl halides is 3. The molecule has 3 rings (SSSR count). The molecule has 0 aromatic heterocycles. The van der Waals surface area contributed by atoms with Crippen molar-refractivity contribution in [3.8, 4) is 0 Å². The van der Waals surface area contributed by atoms with E-state index in [2.05, 4.69) is 0 Å². The highest BCUT2D eigenvalue weighted by atomic mass is 19.4. The van der Waals surface area contributed by atoms with E-state index in [9.17, 15) is 27.6 Å². The Hall–Kier alpha value is -2.42. The number of benzene rings is 1. The lowest BCUT2D eigenvalue weighted by atomic mass is 9.75. The molecule has 0 radical (unpaired) electrons. The van der Waals surface area contributed by atoms with Crippen LogP contribution in [-0.2, 0) is 30.7 Å². The van der Waals surface area contributed by atoms with Crippen LogP contribution in [0.4, 0.5) is 13.2 Å². The second-order valence-corrected chi connectivity index (χ2v) is 7.77. The molecule has 9 heteroatoms. The molecule has 3 amide bonds. The van der Waals surface area contributed by atoms with Crippen molar-refractivity contribution in [1.82, 2.24) is 9.80 Å². The lowest BCUT2D eigenvalue weighted by Crippen LogP contribution is -2.46. The minimum Gasteiger partial charge on any atom is -0.381 e. The molecule has 0 spiro atoms. The number of hydrogen-bond acceptors (Lipinski definition) is 4. The maximum Gasteiger partial charge on any atom is 0.416 e. The summed E-state index contributed by atoms with van der Waals surface area (Å²) in [4.78, 5) is 41.3. The van der Waals surface area contributed by atoms with E-state index in [1.165, 1.54) is 12.1 Å². The molecule has 1 aromatic rings. The van der Waals surface area contributed by atoms with Crippen LogP contribution in [0, 0.1) is 0 Å². The Kier molecular flexibility index (Phi) is 6.21. The number of carbonyl (C=O) groups is 3. The van der Waals surface area contributed by atoms with Crippen molar-refractivity contribution >= 4 is 17.7 Å². The summed E-state index contributed by atoms with van der Waals surface area (Å²) in [5, 5.41) is 0. The first-order chi connectivity index (χ1) is 14.1. The van der Waals surface area contributed by atoms with Gasteiger partial charge in [0.05, 0.1) is 17.1 Å². The molecule has 6 nitrogen and oxygen atoms in total. The summed E-state index contributed by atoms with van der Waals surface area (Å²) in [5.41, 5.74) is -2.49. The number of piperidine rings is 1. The van der Waals surface area contributed by atoms with Crippen molar-refractivity contribution in [1.29, 1.82) is 0 Å². The number of amides is 3. The average molecular weight is 426 g/mol. The number of hydrogen-bond donors (Lipinski definition) is 0. The topological polar surface area (TPSA) is 66.9 Å². The van der Waals surface area contributed by atoms with Gasteiger partial charge in [0.2, 0.25) is 17.7 Å². The van der Waals surface area contributed by atoms with Crippen LogP contribution in [0.25, 0.3) is 0 Å². The van der Waals surface area contributed by atoms with E-state index in [1.807, 2.05) is 0 Å². The number of halogens is 3. The molecule has 2 heterocycles. The Morgan fingerprint density at radius 1 is 1.23 bits per heavy atom. The van der Waals surface area contributed by atoms with Crippen molar-refractivity contribution in [2.45, 2.75) is 50.3 Å². The molecule has 0 N–H and O–H groups in total. The third-order valence-corrected chi connectivity index (χ3v) is 6.05. The SMILES string of the molecule is CCN1C(=O)C[C@](CC(=O)N2CCC(OC)CC2)(c2cccc(C(F)(F)F)c2)C1=O. The van der Waals surface area contributed by atoms with E-state index in [4.69, 9.17) is 4.74 Å². The van der Waals surface area contributed by atoms with Gasteiger partial charge in [-0.05, 0) is 31.4 Å². The van der Waals surface area contributed by atoms with Crippen LogP contribution in [0.2, 0.25) is 0 Å². The smallest absolute Gasteiger partial charge is 0.381 e.